The number of para-hydroxylation sites is 1. The van der Waals surface area contributed by atoms with E-state index in [1.165, 1.54) is 17.7 Å². The summed E-state index contributed by atoms with van der Waals surface area (Å²) in [5.41, 5.74) is 2.35. The average molecular weight is 341 g/mol. The molecule has 0 aliphatic rings. The van der Waals surface area contributed by atoms with E-state index in [0.29, 0.717) is 18.4 Å². The number of benzene rings is 2. The average Bonchev–Trinajstić information content (AvgIpc) is 3.06. The van der Waals surface area contributed by atoms with E-state index < -0.39 is 11.7 Å². The molecule has 4 nitrogen and oxygen atoms in total. The molecule has 1 heterocycles. The highest BCUT2D eigenvalue weighted by Crippen LogP contribution is 2.22. The van der Waals surface area contributed by atoms with Crippen LogP contribution in [0.3, 0.4) is 0 Å². The molecule has 25 heavy (non-hydrogen) atoms. The molecule has 0 bridgehead atoms. The molecule has 1 atom stereocenters. The van der Waals surface area contributed by atoms with Gasteiger partial charge in [-0.1, -0.05) is 42.0 Å². The van der Waals surface area contributed by atoms with Crippen molar-refractivity contribution in [3.8, 4) is 0 Å². The molecule has 0 saturated carbocycles. The van der Waals surface area contributed by atoms with Crippen LogP contribution < -0.4 is 5.32 Å². The molecule has 3 aromatic rings. The zero-order chi connectivity index (χ0) is 17.8. The maximum Gasteiger partial charge on any atom is 0.287 e. The Balaban J connectivity index is 1.63. The first-order chi connectivity index (χ1) is 12.1. The second-order valence-corrected chi connectivity index (χ2v) is 6.22. The fourth-order valence-corrected chi connectivity index (χ4v) is 2.72. The van der Waals surface area contributed by atoms with E-state index in [2.05, 4.69) is 5.32 Å². The first-order valence-corrected chi connectivity index (χ1v) is 8.19. The molecule has 0 spiro atoms. The van der Waals surface area contributed by atoms with Gasteiger partial charge in [-0.25, -0.2) is 4.39 Å². The van der Waals surface area contributed by atoms with Crippen LogP contribution in [0.4, 0.5) is 4.39 Å². The number of carbonyl (C=O) groups excluding carboxylic acids is 1. The number of fused-ring (bicyclic) bond motifs is 1. The lowest BCUT2D eigenvalue weighted by atomic mass is 9.99. The number of halogens is 1. The van der Waals surface area contributed by atoms with E-state index in [-0.39, 0.29) is 23.9 Å². The Bertz CT molecular complexity index is 870. The zero-order valence-electron chi connectivity index (χ0n) is 14.0. The van der Waals surface area contributed by atoms with Gasteiger partial charge >= 0.3 is 0 Å². The molecule has 0 radical (unpaired) electrons. The van der Waals surface area contributed by atoms with Gasteiger partial charge in [0.1, 0.15) is 0 Å². The number of carbonyl (C=O) groups is 1. The third-order valence-electron chi connectivity index (χ3n) is 4.17. The summed E-state index contributed by atoms with van der Waals surface area (Å²) < 4.78 is 19.0. The van der Waals surface area contributed by atoms with Crippen molar-refractivity contribution in [1.82, 2.24) is 5.32 Å². The summed E-state index contributed by atoms with van der Waals surface area (Å²) in [7, 11) is 0. The lowest BCUT2D eigenvalue weighted by Crippen LogP contribution is -2.31. The Kier molecular flexibility index (Phi) is 5.14. The highest BCUT2D eigenvalue weighted by molar-refractivity contribution is 5.96. The normalized spacial score (nSPS) is 12.3. The van der Waals surface area contributed by atoms with Gasteiger partial charge in [-0.05, 0) is 31.0 Å². The van der Waals surface area contributed by atoms with Crippen LogP contribution in [0, 0.1) is 18.7 Å². The predicted octanol–water partition coefficient (Wildman–Crippen LogP) is 3.46. The van der Waals surface area contributed by atoms with E-state index in [0.717, 1.165) is 5.56 Å². The van der Waals surface area contributed by atoms with Crippen molar-refractivity contribution in [2.45, 2.75) is 13.3 Å². The smallest absolute Gasteiger partial charge is 0.287 e. The molecule has 0 unspecified atom stereocenters. The van der Waals surface area contributed by atoms with Crippen LogP contribution in [-0.2, 0) is 6.42 Å². The molecule has 3 rings (SSSR count). The standard InChI is InChI=1S/C20H20FNO3/c1-13-5-7-14(8-6-13)9-15(12-23)11-22-20(24)18-10-16-3-2-4-17(21)19(16)25-18/h2-8,10,15,23H,9,11-12H2,1H3,(H,22,24)/t15-/m0/s1. The summed E-state index contributed by atoms with van der Waals surface area (Å²) in [6.45, 7) is 2.29. The van der Waals surface area contributed by atoms with Gasteiger partial charge < -0.3 is 14.8 Å². The monoisotopic (exact) mass is 341 g/mol. The van der Waals surface area contributed by atoms with Crippen molar-refractivity contribution < 1.29 is 18.7 Å². The van der Waals surface area contributed by atoms with Gasteiger partial charge in [0.2, 0.25) is 0 Å². The van der Waals surface area contributed by atoms with E-state index in [1.54, 1.807) is 12.1 Å². The Labute approximate surface area is 145 Å². The molecule has 2 N–H and O–H groups in total. The molecular weight excluding hydrogens is 321 g/mol. The van der Waals surface area contributed by atoms with Gasteiger partial charge in [-0.15, -0.1) is 0 Å². The van der Waals surface area contributed by atoms with Gasteiger partial charge in [0.05, 0.1) is 0 Å². The minimum atomic E-state index is -0.496. The Morgan fingerprint density at radius 3 is 2.68 bits per heavy atom. The highest BCUT2D eigenvalue weighted by Gasteiger charge is 2.16. The largest absolute Gasteiger partial charge is 0.448 e. The molecule has 2 aromatic carbocycles. The summed E-state index contributed by atoms with van der Waals surface area (Å²) in [5.74, 6) is -0.956. The Morgan fingerprint density at radius 1 is 1.24 bits per heavy atom. The summed E-state index contributed by atoms with van der Waals surface area (Å²) in [4.78, 5) is 12.2. The molecule has 0 saturated heterocycles. The topological polar surface area (TPSA) is 62.5 Å². The molecule has 0 fully saturated rings. The SMILES string of the molecule is Cc1ccc(C[C@H](CO)CNC(=O)c2cc3cccc(F)c3o2)cc1. The maximum atomic E-state index is 13.6. The zero-order valence-corrected chi connectivity index (χ0v) is 14.0. The summed E-state index contributed by atoms with van der Waals surface area (Å²) in [6.07, 6.45) is 0.659. The number of aryl methyl sites for hydroxylation is 1. The van der Waals surface area contributed by atoms with Crippen molar-refractivity contribution in [1.29, 1.82) is 0 Å². The molecule has 0 aliphatic heterocycles. The lowest BCUT2D eigenvalue weighted by molar-refractivity contribution is 0.0914. The van der Waals surface area contributed by atoms with Crippen LogP contribution in [0.5, 0.6) is 0 Å². The van der Waals surface area contributed by atoms with Gasteiger partial charge in [0, 0.05) is 24.5 Å². The van der Waals surface area contributed by atoms with Crippen molar-refractivity contribution in [3.63, 3.8) is 0 Å². The Hall–Kier alpha value is -2.66. The first-order valence-electron chi connectivity index (χ1n) is 8.19. The van der Waals surface area contributed by atoms with Gasteiger partial charge in [0.15, 0.2) is 17.2 Å². The number of furan rings is 1. The first kappa shape index (κ1) is 17.2. The number of hydrogen-bond donors (Lipinski definition) is 2. The van der Waals surface area contributed by atoms with E-state index >= 15 is 0 Å². The van der Waals surface area contributed by atoms with E-state index in [9.17, 15) is 14.3 Å². The van der Waals surface area contributed by atoms with Crippen LogP contribution in [0.15, 0.2) is 52.9 Å². The minimum absolute atomic E-state index is 0.0388. The van der Waals surface area contributed by atoms with Gasteiger partial charge in [0.25, 0.3) is 5.91 Å². The van der Waals surface area contributed by atoms with Crippen molar-refractivity contribution >= 4 is 16.9 Å². The quantitative estimate of drug-likeness (QED) is 0.722. The molecule has 1 aromatic heterocycles. The number of aliphatic hydroxyl groups is 1. The van der Waals surface area contributed by atoms with Crippen LogP contribution >= 0.6 is 0 Å². The summed E-state index contributed by atoms with van der Waals surface area (Å²) in [5, 5.41) is 12.8. The molecular formula is C20H20FNO3. The number of nitrogens with one attached hydrogen (secondary N) is 1. The third-order valence-corrected chi connectivity index (χ3v) is 4.17. The molecule has 0 aliphatic carbocycles. The van der Waals surface area contributed by atoms with Crippen LogP contribution in [-0.4, -0.2) is 24.2 Å². The van der Waals surface area contributed by atoms with Gasteiger partial charge in [-0.3, -0.25) is 4.79 Å². The summed E-state index contributed by atoms with van der Waals surface area (Å²) >= 11 is 0. The Morgan fingerprint density at radius 2 is 2.00 bits per heavy atom. The number of aliphatic hydroxyl groups excluding tert-OH is 1. The number of hydrogen-bond acceptors (Lipinski definition) is 3. The van der Waals surface area contributed by atoms with E-state index in [1.807, 2.05) is 31.2 Å². The molecule has 1 amide bonds. The van der Waals surface area contributed by atoms with Crippen molar-refractivity contribution in [3.05, 3.63) is 71.2 Å². The second kappa shape index (κ2) is 7.49. The third kappa shape index (κ3) is 4.06. The summed E-state index contributed by atoms with van der Waals surface area (Å²) in [6, 6.07) is 14.1. The van der Waals surface area contributed by atoms with E-state index in [4.69, 9.17) is 4.42 Å². The minimum Gasteiger partial charge on any atom is -0.448 e. The van der Waals surface area contributed by atoms with Gasteiger partial charge in [-0.2, -0.15) is 0 Å². The second-order valence-electron chi connectivity index (χ2n) is 6.22. The number of rotatable bonds is 6. The maximum absolute atomic E-state index is 13.6. The predicted molar refractivity (Wildman–Crippen MR) is 94.0 cm³/mol. The van der Waals surface area contributed by atoms with Crippen LogP contribution in [0.25, 0.3) is 11.0 Å². The highest BCUT2D eigenvalue weighted by atomic mass is 19.1. The fraction of sp³-hybridized carbons (Fsp3) is 0.250. The number of amides is 1. The fourth-order valence-electron chi connectivity index (χ4n) is 2.72. The van der Waals surface area contributed by atoms with Crippen LogP contribution in [0.1, 0.15) is 21.7 Å². The van der Waals surface area contributed by atoms with Crippen LogP contribution in [0.2, 0.25) is 0 Å². The van der Waals surface area contributed by atoms with Crippen molar-refractivity contribution in [2.24, 2.45) is 5.92 Å². The lowest BCUT2D eigenvalue weighted by Gasteiger charge is -2.14. The molecule has 5 heteroatoms. The molecule has 130 valence electrons. The van der Waals surface area contributed by atoms with Crippen molar-refractivity contribution in [2.75, 3.05) is 13.2 Å².